The SMILES string of the molecule is CC1CC[C@@]2(OC1)O[C@H]1C[C@H]3[C@@H]4CC[C@H]5C[C@@H](O[C@@H]6O[C@H](CO)[C@H](O[C@@H]7O[C@H](CO)[C@@H](O)[C@H](O)[C@H]7O[C@@H]7OC[C@@H](O)[C@H](O)[C@H]7O)[C@H](O)[C@H]6O)[C@H](O)C[C@]5(C)[C@H]4CC(=O)[C@]3(C)[C@H]1[C@@H]2C. The highest BCUT2D eigenvalue weighted by Crippen LogP contribution is 2.70. The van der Waals surface area contributed by atoms with Gasteiger partial charge in [-0.15, -0.1) is 0 Å². The van der Waals surface area contributed by atoms with Gasteiger partial charge in [-0.3, -0.25) is 4.79 Å². The molecule has 19 nitrogen and oxygen atoms in total. The third-order valence-electron chi connectivity index (χ3n) is 17.8. The van der Waals surface area contributed by atoms with Crippen molar-refractivity contribution in [3.05, 3.63) is 0 Å². The molecule has 0 bridgehead atoms. The van der Waals surface area contributed by atoms with E-state index in [4.69, 9.17) is 37.9 Å². The maximum Gasteiger partial charge on any atom is 0.187 e. The minimum absolute atomic E-state index is 0.0331. The second kappa shape index (κ2) is 17.5. The minimum Gasteiger partial charge on any atom is -0.394 e. The summed E-state index contributed by atoms with van der Waals surface area (Å²) in [6.45, 7) is 7.46. The lowest BCUT2D eigenvalue weighted by Crippen LogP contribution is -2.66. The van der Waals surface area contributed by atoms with E-state index < -0.39 is 129 Å². The highest BCUT2D eigenvalue weighted by atomic mass is 16.8. The Morgan fingerprint density at radius 2 is 1.38 bits per heavy atom. The van der Waals surface area contributed by atoms with E-state index in [0.717, 1.165) is 32.1 Å². The number of hydrogen-bond donors (Lipinski definition) is 10. The summed E-state index contributed by atoms with van der Waals surface area (Å²) < 4.78 is 48.3. The van der Waals surface area contributed by atoms with Crippen molar-refractivity contribution >= 4 is 5.78 Å². The molecule has 4 aliphatic carbocycles. The van der Waals surface area contributed by atoms with Gasteiger partial charge >= 0.3 is 0 Å². The third kappa shape index (κ3) is 7.60. The van der Waals surface area contributed by atoms with Crippen molar-refractivity contribution in [1.82, 2.24) is 0 Å². The highest BCUT2D eigenvalue weighted by molar-refractivity contribution is 5.87. The van der Waals surface area contributed by atoms with Crippen LogP contribution in [0.1, 0.15) is 79.1 Å². The van der Waals surface area contributed by atoms with Crippen LogP contribution >= 0.6 is 0 Å². The first kappa shape index (κ1) is 47.0. The Morgan fingerprint density at radius 3 is 2.08 bits per heavy atom. The van der Waals surface area contributed by atoms with Crippen LogP contribution in [0.2, 0.25) is 0 Å². The van der Waals surface area contributed by atoms with Crippen LogP contribution in [0, 0.1) is 52.3 Å². The molecule has 27 atom stereocenters. The Labute approximate surface area is 366 Å². The standard InChI is InChI=1S/C44H70O19/c1-17-7-8-44(57-15-17)18(2)30-26(63-44)10-22-20-6-5-19-9-25(23(47)12-42(19,3)21(20)11-29(49)43(22,30)4)58-40-36(55)34(53)37(28(14-46)60-40)61-41-38(33(52)32(51)27(13-45)59-41)62-39-35(54)31(50)24(48)16-56-39/h17-28,30-41,45-48,50-55H,5-16H2,1-4H3/t17?,18-,19-,20+,21-,22-,23+,24+,25+,26-,27+,28+,30-,31-,32+,33-,34+,35+,36+,37-,38+,39-,40+,41-,42-,43+,44+/m0/s1. The number of aliphatic hydroxyl groups excluding tert-OH is 10. The van der Waals surface area contributed by atoms with E-state index in [0.29, 0.717) is 37.7 Å². The van der Waals surface area contributed by atoms with E-state index in [1.807, 2.05) is 0 Å². The molecule has 5 aliphatic heterocycles. The summed E-state index contributed by atoms with van der Waals surface area (Å²) >= 11 is 0. The zero-order valence-electron chi connectivity index (χ0n) is 36.5. The van der Waals surface area contributed by atoms with E-state index in [9.17, 15) is 55.9 Å². The van der Waals surface area contributed by atoms with Gasteiger partial charge in [0.25, 0.3) is 0 Å². The topological polar surface area (TPSA) is 293 Å². The second-order valence-corrected chi connectivity index (χ2v) is 21.1. The average molecular weight is 903 g/mol. The lowest BCUT2D eigenvalue weighted by molar-refractivity contribution is -0.386. The first-order chi connectivity index (χ1) is 29.9. The van der Waals surface area contributed by atoms with E-state index in [2.05, 4.69) is 27.7 Å². The number of fused-ring (bicyclic) bond motifs is 7. The quantitative estimate of drug-likeness (QED) is 0.119. The van der Waals surface area contributed by atoms with E-state index >= 15 is 0 Å². The van der Waals surface area contributed by atoms with Crippen molar-refractivity contribution in [3.63, 3.8) is 0 Å². The van der Waals surface area contributed by atoms with Gasteiger partial charge in [0.2, 0.25) is 0 Å². The molecule has 0 radical (unpaired) electrons. The van der Waals surface area contributed by atoms with Gasteiger partial charge in [-0.05, 0) is 73.5 Å². The van der Waals surface area contributed by atoms with Crippen molar-refractivity contribution in [1.29, 1.82) is 0 Å². The molecule has 0 aromatic carbocycles. The smallest absolute Gasteiger partial charge is 0.187 e. The molecule has 1 unspecified atom stereocenters. The number of rotatable bonds is 8. The second-order valence-electron chi connectivity index (χ2n) is 21.1. The Bertz CT molecular complexity index is 1630. The van der Waals surface area contributed by atoms with Gasteiger partial charge in [-0.2, -0.15) is 0 Å². The minimum atomic E-state index is -1.84. The molecule has 5 saturated heterocycles. The molecule has 9 rings (SSSR count). The number of hydrogen-bond acceptors (Lipinski definition) is 19. The maximum absolute atomic E-state index is 14.6. The van der Waals surface area contributed by atoms with Gasteiger partial charge in [-0.25, -0.2) is 0 Å². The number of ether oxygens (including phenoxy) is 8. The first-order valence-corrected chi connectivity index (χ1v) is 23.3. The van der Waals surface area contributed by atoms with Crippen molar-refractivity contribution < 1.29 is 93.8 Å². The van der Waals surface area contributed by atoms with Crippen LogP contribution in [0.15, 0.2) is 0 Å². The molecular weight excluding hydrogens is 832 g/mol. The summed E-state index contributed by atoms with van der Waals surface area (Å²) in [5, 5.41) is 107. The fourth-order valence-corrected chi connectivity index (χ4v) is 14.1. The largest absolute Gasteiger partial charge is 0.394 e. The van der Waals surface area contributed by atoms with Gasteiger partial charge in [-0.1, -0.05) is 27.7 Å². The molecule has 10 N–H and O–H groups in total. The van der Waals surface area contributed by atoms with Crippen LogP contribution in [0.5, 0.6) is 0 Å². The first-order valence-electron chi connectivity index (χ1n) is 23.3. The summed E-state index contributed by atoms with van der Waals surface area (Å²) in [7, 11) is 0. The molecule has 0 aromatic heterocycles. The zero-order chi connectivity index (χ0) is 45.1. The number of Topliss-reactive ketones (excluding diaryl/α,β-unsaturated/α-hetero) is 1. The Balaban J connectivity index is 0.857. The van der Waals surface area contributed by atoms with Crippen molar-refractivity contribution in [2.24, 2.45) is 52.3 Å². The van der Waals surface area contributed by atoms with Gasteiger partial charge in [0.1, 0.15) is 72.9 Å². The summed E-state index contributed by atoms with van der Waals surface area (Å²) in [5.74, 6) is 0.932. The van der Waals surface area contributed by atoms with Crippen molar-refractivity contribution in [2.75, 3.05) is 26.4 Å². The molecule has 4 saturated carbocycles. The molecule has 5 heterocycles. The number of aliphatic hydroxyl groups is 10. The fraction of sp³-hybridized carbons (Fsp3) is 0.977. The van der Waals surface area contributed by atoms with Gasteiger partial charge in [0.05, 0.1) is 44.7 Å². The summed E-state index contributed by atoms with van der Waals surface area (Å²) in [5.41, 5.74) is -0.881. The average Bonchev–Trinajstić information content (AvgIpc) is 3.71. The van der Waals surface area contributed by atoms with Gasteiger partial charge in [0.15, 0.2) is 24.7 Å². The van der Waals surface area contributed by atoms with Gasteiger partial charge in [0, 0.05) is 30.1 Å². The van der Waals surface area contributed by atoms with Crippen LogP contribution in [-0.4, -0.2) is 193 Å². The summed E-state index contributed by atoms with van der Waals surface area (Å²) in [6, 6.07) is 0. The Hall–Kier alpha value is -1.05. The molecule has 63 heavy (non-hydrogen) atoms. The molecule has 0 aromatic rings. The molecule has 360 valence electrons. The van der Waals surface area contributed by atoms with Crippen LogP contribution in [0.4, 0.5) is 0 Å². The predicted molar refractivity (Wildman–Crippen MR) is 211 cm³/mol. The highest BCUT2D eigenvalue weighted by Gasteiger charge is 2.72. The monoisotopic (exact) mass is 902 g/mol. The Kier molecular flexibility index (Phi) is 13.0. The van der Waals surface area contributed by atoms with E-state index in [1.54, 1.807) is 0 Å². The molecule has 9 fully saturated rings. The zero-order valence-corrected chi connectivity index (χ0v) is 36.5. The number of carbonyl (C=O) groups is 1. The third-order valence-corrected chi connectivity index (χ3v) is 17.8. The maximum atomic E-state index is 14.6. The van der Waals surface area contributed by atoms with E-state index in [-0.39, 0.29) is 46.9 Å². The number of carbonyl (C=O) groups excluding carboxylic acids is 1. The lowest BCUT2D eigenvalue weighted by atomic mass is 9.43. The Morgan fingerprint density at radius 1 is 0.698 bits per heavy atom. The van der Waals surface area contributed by atoms with E-state index in [1.165, 1.54) is 0 Å². The molecule has 0 amide bonds. The van der Waals surface area contributed by atoms with Crippen molar-refractivity contribution in [3.8, 4) is 0 Å². The summed E-state index contributed by atoms with van der Waals surface area (Å²) in [6.07, 6.45) is -19.3. The normalized spacial score (nSPS) is 58.2. The van der Waals surface area contributed by atoms with Crippen LogP contribution in [-0.2, 0) is 42.7 Å². The van der Waals surface area contributed by atoms with Crippen LogP contribution in [0.25, 0.3) is 0 Å². The molecule has 1 spiro atoms. The molecular formula is C44H70O19. The van der Waals surface area contributed by atoms with Gasteiger partial charge < -0.3 is 89.0 Å². The lowest BCUT2D eigenvalue weighted by Gasteiger charge is -2.61. The van der Waals surface area contributed by atoms with Crippen LogP contribution < -0.4 is 0 Å². The molecule has 9 aliphatic rings. The predicted octanol–water partition coefficient (Wildman–Crippen LogP) is -1.94. The summed E-state index contributed by atoms with van der Waals surface area (Å²) in [4.78, 5) is 14.6. The number of ketones is 1. The van der Waals surface area contributed by atoms with Crippen LogP contribution in [0.3, 0.4) is 0 Å². The molecule has 19 heteroatoms. The van der Waals surface area contributed by atoms with Crippen molar-refractivity contribution in [2.45, 2.75) is 189 Å². The fourth-order valence-electron chi connectivity index (χ4n) is 14.1.